The number of esters is 1. The van der Waals surface area contributed by atoms with Crippen LogP contribution < -0.4 is 10.5 Å². The van der Waals surface area contributed by atoms with E-state index in [1.807, 2.05) is 60.7 Å². The molecule has 12 nitrogen and oxygen atoms in total. The Kier molecular flexibility index (Phi) is 10.1. The number of carbonyl (C=O) groups is 2. The fourth-order valence-electron chi connectivity index (χ4n) is 6.59. The summed E-state index contributed by atoms with van der Waals surface area (Å²) in [5, 5.41) is 4.86. The lowest BCUT2D eigenvalue weighted by molar-refractivity contribution is -0.149. The zero-order chi connectivity index (χ0) is 37.4. The van der Waals surface area contributed by atoms with Gasteiger partial charge in [-0.2, -0.15) is 9.40 Å². The maximum atomic E-state index is 14.1. The summed E-state index contributed by atoms with van der Waals surface area (Å²) in [4.78, 5) is 41.9. The number of nitrogens with zero attached hydrogens (tertiary/aromatic N) is 6. The van der Waals surface area contributed by atoms with Crippen LogP contribution in [0.3, 0.4) is 0 Å². The second-order valence-electron chi connectivity index (χ2n) is 12.6. The molecule has 0 atom stereocenters. The maximum Gasteiger partial charge on any atom is 0.309 e. The van der Waals surface area contributed by atoms with Crippen molar-refractivity contribution in [2.45, 2.75) is 31.6 Å². The van der Waals surface area contributed by atoms with Crippen LogP contribution >= 0.6 is 24.0 Å². The molecule has 0 unspecified atom stereocenters. The standard InChI is InChI=1S/C38H36N6O6S3/c1-4-50-37(47)26-18-20-41(21-19-26)53(48,49)31-17-11-12-27(22-31)33-28(24-42(39-33)29-13-7-5-8-14-29)23-32-35(45)43(38(51)52-32)34-25(2)40(3)44(36(34)46)30-15-9-6-10-16-30/h5-17,22-24,26H,4,18-21H2,1-3H3. The number of para-hydroxylation sites is 2. The molecule has 2 aromatic heterocycles. The minimum absolute atomic E-state index is 0.0883. The first kappa shape index (κ1) is 36.3. The summed E-state index contributed by atoms with van der Waals surface area (Å²) < 4.78 is 39.3. The van der Waals surface area contributed by atoms with Crippen LogP contribution in [0.15, 0.2) is 106 Å². The van der Waals surface area contributed by atoms with Gasteiger partial charge in [-0.15, -0.1) is 0 Å². The summed E-state index contributed by atoms with van der Waals surface area (Å²) in [6, 6.07) is 25.1. The molecule has 5 aromatic rings. The molecule has 7 rings (SSSR count). The van der Waals surface area contributed by atoms with Crippen LogP contribution in [0.4, 0.5) is 5.69 Å². The number of hydrogen-bond donors (Lipinski definition) is 0. The Hall–Kier alpha value is -5.09. The number of hydrogen-bond acceptors (Lipinski definition) is 9. The fraction of sp³-hybridized carbons (Fsp3) is 0.237. The minimum atomic E-state index is -3.90. The van der Waals surface area contributed by atoms with E-state index in [0.29, 0.717) is 41.0 Å². The lowest BCUT2D eigenvalue weighted by Gasteiger charge is -2.30. The number of anilines is 1. The van der Waals surface area contributed by atoms with E-state index < -0.39 is 15.9 Å². The first-order valence-corrected chi connectivity index (χ1v) is 19.7. The Balaban J connectivity index is 1.24. The van der Waals surface area contributed by atoms with E-state index in [4.69, 9.17) is 22.1 Å². The second kappa shape index (κ2) is 14.7. The lowest BCUT2D eigenvalue weighted by Crippen LogP contribution is -2.40. The van der Waals surface area contributed by atoms with Crippen molar-refractivity contribution in [3.05, 3.63) is 118 Å². The highest BCUT2D eigenvalue weighted by Crippen LogP contribution is 2.38. The number of piperidine rings is 1. The van der Waals surface area contributed by atoms with Gasteiger partial charge in [-0.1, -0.05) is 72.5 Å². The van der Waals surface area contributed by atoms with Crippen LogP contribution in [-0.2, 0) is 31.4 Å². The normalized spacial score (nSPS) is 16.5. The fourth-order valence-corrected chi connectivity index (χ4v) is 9.37. The molecule has 0 spiro atoms. The molecule has 0 radical (unpaired) electrons. The molecule has 2 fully saturated rings. The molecule has 0 aliphatic carbocycles. The van der Waals surface area contributed by atoms with Crippen LogP contribution in [0.1, 0.15) is 31.0 Å². The quantitative estimate of drug-likeness (QED) is 0.105. The second-order valence-corrected chi connectivity index (χ2v) is 16.2. The Morgan fingerprint density at radius 3 is 2.30 bits per heavy atom. The first-order chi connectivity index (χ1) is 25.5. The van der Waals surface area contributed by atoms with Crippen LogP contribution in [0.2, 0.25) is 0 Å². The van der Waals surface area contributed by atoms with Crippen LogP contribution in [-0.4, -0.2) is 67.8 Å². The third-order valence-electron chi connectivity index (χ3n) is 9.41. The zero-order valence-corrected chi connectivity index (χ0v) is 31.7. The number of rotatable bonds is 9. The molecule has 0 N–H and O–H groups in total. The average molecular weight is 769 g/mol. The van der Waals surface area contributed by atoms with Gasteiger partial charge in [-0.3, -0.25) is 24.0 Å². The molecule has 2 saturated heterocycles. The minimum Gasteiger partial charge on any atom is -0.466 e. The number of amides is 1. The van der Waals surface area contributed by atoms with Gasteiger partial charge >= 0.3 is 5.97 Å². The number of ether oxygens (including phenoxy) is 1. The van der Waals surface area contributed by atoms with Gasteiger partial charge in [0.15, 0.2) is 4.32 Å². The van der Waals surface area contributed by atoms with Crippen molar-refractivity contribution in [1.29, 1.82) is 0 Å². The van der Waals surface area contributed by atoms with Gasteiger partial charge in [0.1, 0.15) is 11.4 Å². The Morgan fingerprint density at radius 2 is 1.64 bits per heavy atom. The van der Waals surface area contributed by atoms with Crippen LogP contribution in [0, 0.1) is 12.8 Å². The molecular formula is C38H36N6O6S3. The summed E-state index contributed by atoms with van der Waals surface area (Å²) in [5.74, 6) is -1.08. The van der Waals surface area contributed by atoms with Crippen molar-refractivity contribution in [3.8, 4) is 22.6 Å². The SMILES string of the molecule is CCOC(=O)C1CCN(S(=O)(=O)c2cccc(-c3nn(-c4ccccc4)cc3C=C3SC(=S)N(c4c(C)n(C)n(-c5ccccc5)c4=O)C3=O)c2)CC1. The molecule has 2 aliphatic heterocycles. The van der Waals surface area contributed by atoms with Crippen molar-refractivity contribution in [2.75, 3.05) is 24.6 Å². The highest BCUT2D eigenvalue weighted by molar-refractivity contribution is 8.27. The van der Waals surface area contributed by atoms with E-state index in [9.17, 15) is 22.8 Å². The molecule has 4 heterocycles. The van der Waals surface area contributed by atoms with E-state index in [1.54, 1.807) is 66.8 Å². The number of aromatic nitrogens is 4. The van der Waals surface area contributed by atoms with Gasteiger partial charge in [-0.25, -0.2) is 17.8 Å². The molecule has 2 aliphatic rings. The van der Waals surface area contributed by atoms with E-state index in [0.717, 1.165) is 17.4 Å². The number of thiocarbonyl (C=S) groups is 1. The van der Waals surface area contributed by atoms with E-state index in [1.165, 1.54) is 13.9 Å². The zero-order valence-electron chi connectivity index (χ0n) is 29.2. The van der Waals surface area contributed by atoms with Crippen molar-refractivity contribution in [3.63, 3.8) is 0 Å². The van der Waals surface area contributed by atoms with Crippen molar-refractivity contribution in [2.24, 2.45) is 13.0 Å². The van der Waals surface area contributed by atoms with Gasteiger partial charge in [0.25, 0.3) is 11.5 Å². The van der Waals surface area contributed by atoms with E-state index in [-0.39, 0.29) is 57.0 Å². The average Bonchev–Trinajstić information content (AvgIpc) is 3.79. The van der Waals surface area contributed by atoms with Crippen molar-refractivity contribution >= 4 is 62.0 Å². The van der Waals surface area contributed by atoms with Crippen LogP contribution in [0.25, 0.3) is 28.7 Å². The predicted molar refractivity (Wildman–Crippen MR) is 209 cm³/mol. The lowest BCUT2D eigenvalue weighted by atomic mass is 9.98. The Morgan fingerprint density at radius 1 is 0.981 bits per heavy atom. The monoisotopic (exact) mass is 768 g/mol. The number of carbonyl (C=O) groups excluding carboxylic acids is 2. The van der Waals surface area contributed by atoms with Crippen molar-refractivity contribution in [1.82, 2.24) is 23.4 Å². The van der Waals surface area contributed by atoms with Gasteiger partial charge in [-0.05, 0) is 69.2 Å². The number of thioether (sulfide) groups is 1. The molecule has 0 bridgehead atoms. The van der Waals surface area contributed by atoms with E-state index in [2.05, 4.69) is 0 Å². The van der Waals surface area contributed by atoms with Gasteiger partial charge in [0.2, 0.25) is 10.0 Å². The van der Waals surface area contributed by atoms with Gasteiger partial charge in [0.05, 0.1) is 39.4 Å². The third kappa shape index (κ3) is 6.81. The largest absolute Gasteiger partial charge is 0.466 e. The molecule has 0 saturated carbocycles. The summed E-state index contributed by atoms with van der Waals surface area (Å²) in [6.45, 7) is 4.19. The molecule has 53 heavy (non-hydrogen) atoms. The van der Waals surface area contributed by atoms with Gasteiger partial charge in [0, 0.05) is 37.5 Å². The first-order valence-electron chi connectivity index (χ1n) is 17.0. The molecule has 272 valence electrons. The predicted octanol–water partition coefficient (Wildman–Crippen LogP) is 5.71. The maximum absolute atomic E-state index is 14.1. The Bertz CT molecular complexity index is 2430. The summed E-state index contributed by atoms with van der Waals surface area (Å²) in [7, 11) is -2.15. The molecule has 1 amide bonds. The smallest absolute Gasteiger partial charge is 0.309 e. The Labute approximate surface area is 316 Å². The summed E-state index contributed by atoms with van der Waals surface area (Å²) >= 11 is 6.78. The third-order valence-corrected chi connectivity index (χ3v) is 12.6. The highest BCUT2D eigenvalue weighted by atomic mass is 32.2. The molecular weight excluding hydrogens is 733 g/mol. The number of benzene rings is 3. The molecule has 15 heteroatoms. The topological polar surface area (TPSA) is 129 Å². The van der Waals surface area contributed by atoms with Crippen LogP contribution in [0.5, 0.6) is 0 Å². The molecule has 3 aromatic carbocycles. The van der Waals surface area contributed by atoms with E-state index >= 15 is 0 Å². The summed E-state index contributed by atoms with van der Waals surface area (Å²) in [6.07, 6.45) is 4.21. The highest BCUT2D eigenvalue weighted by Gasteiger charge is 2.38. The number of sulfonamides is 1. The van der Waals surface area contributed by atoms with Gasteiger partial charge < -0.3 is 4.74 Å². The van der Waals surface area contributed by atoms with Crippen molar-refractivity contribution < 1.29 is 22.7 Å². The summed E-state index contributed by atoms with van der Waals surface area (Å²) in [5.41, 5.74) is 3.28.